The number of aryl methyl sites for hydroxylation is 1. The molecule has 106 valence electrons. The molecule has 0 heterocycles. The molecule has 7 heteroatoms. The second-order valence-corrected chi connectivity index (χ2v) is 6.03. The Hall–Kier alpha value is -1.60. The Labute approximate surface area is 113 Å². The molecule has 6 nitrogen and oxygen atoms in total. The zero-order chi connectivity index (χ0) is 14.8. The van der Waals surface area contributed by atoms with Crippen LogP contribution < -0.4 is 15.8 Å². The molecule has 0 radical (unpaired) electrons. The summed E-state index contributed by atoms with van der Waals surface area (Å²) >= 11 is 0. The Morgan fingerprint density at radius 3 is 2.42 bits per heavy atom. The average molecular weight is 285 g/mol. The molecule has 0 saturated heterocycles. The first kappa shape index (κ1) is 15.5. The summed E-state index contributed by atoms with van der Waals surface area (Å²) in [6.45, 7) is 4.81. The summed E-state index contributed by atoms with van der Waals surface area (Å²) in [6.07, 6.45) is 0. The summed E-state index contributed by atoms with van der Waals surface area (Å²) < 4.78 is 27.0. The quantitative estimate of drug-likeness (QED) is 0.692. The smallest absolute Gasteiger partial charge is 0.241 e. The minimum absolute atomic E-state index is 0.128. The van der Waals surface area contributed by atoms with E-state index in [4.69, 9.17) is 5.73 Å². The van der Waals surface area contributed by atoms with Gasteiger partial charge in [0, 0.05) is 12.7 Å². The molecule has 0 fully saturated rings. The monoisotopic (exact) mass is 285 g/mol. The van der Waals surface area contributed by atoms with Gasteiger partial charge in [-0.25, -0.2) is 8.42 Å². The molecule has 1 aromatic rings. The maximum atomic E-state index is 12.3. The zero-order valence-corrected chi connectivity index (χ0v) is 12.3. The molecule has 0 bridgehead atoms. The number of nitrogens with two attached hydrogens (primary N) is 1. The molecular weight excluding hydrogens is 266 g/mol. The lowest BCUT2D eigenvalue weighted by molar-refractivity contribution is -0.121. The van der Waals surface area contributed by atoms with E-state index in [1.54, 1.807) is 26.0 Å². The zero-order valence-electron chi connectivity index (χ0n) is 11.4. The molecule has 0 aliphatic rings. The molecule has 19 heavy (non-hydrogen) atoms. The first-order chi connectivity index (χ1) is 8.70. The Bertz CT molecular complexity index is 596. The van der Waals surface area contributed by atoms with E-state index in [0.29, 0.717) is 16.8 Å². The molecule has 0 spiro atoms. The van der Waals surface area contributed by atoms with E-state index in [0.717, 1.165) is 0 Å². The van der Waals surface area contributed by atoms with Crippen molar-refractivity contribution in [2.24, 2.45) is 0 Å². The van der Waals surface area contributed by atoms with Gasteiger partial charge in [-0.1, -0.05) is 6.07 Å². The normalized spacial score (nSPS) is 13.1. The third-order valence-corrected chi connectivity index (χ3v) is 4.71. The largest absolute Gasteiger partial charge is 0.398 e. The second-order valence-electron chi connectivity index (χ2n) is 4.38. The number of nitrogens with one attached hydrogen (secondary N) is 2. The molecule has 1 rings (SSSR count). The van der Waals surface area contributed by atoms with Gasteiger partial charge in [-0.05, 0) is 38.0 Å². The van der Waals surface area contributed by atoms with Crippen LogP contribution >= 0.6 is 0 Å². The summed E-state index contributed by atoms with van der Waals surface area (Å²) in [6, 6.07) is 2.45. The maximum absolute atomic E-state index is 12.3. The van der Waals surface area contributed by atoms with Gasteiger partial charge in [0.25, 0.3) is 0 Å². The number of nitrogen functional groups attached to an aromatic ring is 1. The number of likely N-dealkylation sites (N-methyl/N-ethyl adjacent to an activating group) is 1. The van der Waals surface area contributed by atoms with E-state index in [-0.39, 0.29) is 4.90 Å². The highest BCUT2D eigenvalue weighted by Crippen LogP contribution is 2.24. The number of hydrogen-bond donors (Lipinski definition) is 3. The summed E-state index contributed by atoms with van der Waals surface area (Å²) in [4.78, 5) is 11.5. The molecule has 1 aromatic carbocycles. The molecule has 1 unspecified atom stereocenters. The van der Waals surface area contributed by atoms with Crippen LogP contribution in [-0.4, -0.2) is 27.4 Å². The Balaban J connectivity index is 3.22. The van der Waals surface area contributed by atoms with Crippen molar-refractivity contribution in [1.29, 1.82) is 0 Å². The number of sulfonamides is 1. The molecule has 1 amide bonds. The van der Waals surface area contributed by atoms with Crippen molar-refractivity contribution in [2.45, 2.75) is 31.7 Å². The van der Waals surface area contributed by atoms with Crippen molar-refractivity contribution < 1.29 is 13.2 Å². The predicted molar refractivity (Wildman–Crippen MR) is 74.2 cm³/mol. The summed E-state index contributed by atoms with van der Waals surface area (Å²) in [5, 5.41) is 2.39. The van der Waals surface area contributed by atoms with Gasteiger partial charge in [-0.3, -0.25) is 4.79 Å². The number of benzene rings is 1. The Morgan fingerprint density at radius 2 is 1.89 bits per heavy atom. The maximum Gasteiger partial charge on any atom is 0.241 e. The predicted octanol–water partition coefficient (Wildman–Crippen LogP) is 0.298. The van der Waals surface area contributed by atoms with Crippen LogP contribution in [0.1, 0.15) is 18.1 Å². The highest BCUT2D eigenvalue weighted by molar-refractivity contribution is 7.89. The Morgan fingerprint density at radius 1 is 1.32 bits per heavy atom. The molecule has 0 aliphatic carbocycles. The van der Waals surface area contributed by atoms with E-state index < -0.39 is 22.0 Å². The van der Waals surface area contributed by atoms with Crippen LogP contribution in [0.15, 0.2) is 17.0 Å². The minimum Gasteiger partial charge on any atom is -0.398 e. The fourth-order valence-electron chi connectivity index (χ4n) is 1.82. The number of rotatable bonds is 4. The van der Waals surface area contributed by atoms with Gasteiger partial charge in [0.1, 0.15) is 0 Å². The standard InChI is InChI=1S/C12H19N3O3S/c1-7-5-6-10(13)8(2)11(7)19(17,18)15-9(3)12(16)14-4/h5-6,9,15H,13H2,1-4H3,(H,14,16). The van der Waals surface area contributed by atoms with Crippen LogP contribution in [0.4, 0.5) is 5.69 Å². The summed E-state index contributed by atoms with van der Waals surface area (Å²) in [5.74, 6) is -0.400. The third-order valence-electron chi connectivity index (χ3n) is 2.88. The van der Waals surface area contributed by atoms with Crippen molar-refractivity contribution >= 4 is 21.6 Å². The molecular formula is C12H19N3O3S. The van der Waals surface area contributed by atoms with Gasteiger partial charge < -0.3 is 11.1 Å². The number of carbonyl (C=O) groups excluding carboxylic acids is 1. The van der Waals surface area contributed by atoms with Crippen molar-refractivity contribution in [3.63, 3.8) is 0 Å². The number of carbonyl (C=O) groups is 1. The van der Waals surface area contributed by atoms with Crippen LogP contribution in [-0.2, 0) is 14.8 Å². The topological polar surface area (TPSA) is 101 Å². The van der Waals surface area contributed by atoms with Gasteiger partial charge in [-0.15, -0.1) is 0 Å². The number of hydrogen-bond acceptors (Lipinski definition) is 4. The fraction of sp³-hybridized carbons (Fsp3) is 0.417. The van der Waals surface area contributed by atoms with Crippen molar-refractivity contribution in [2.75, 3.05) is 12.8 Å². The van der Waals surface area contributed by atoms with Crippen LogP contribution in [0.5, 0.6) is 0 Å². The summed E-state index contributed by atoms with van der Waals surface area (Å²) in [5.41, 5.74) is 7.20. The van der Waals surface area contributed by atoms with Gasteiger partial charge >= 0.3 is 0 Å². The first-order valence-electron chi connectivity index (χ1n) is 5.80. The number of amides is 1. The number of anilines is 1. The molecule has 4 N–H and O–H groups in total. The van der Waals surface area contributed by atoms with Crippen LogP contribution in [0.25, 0.3) is 0 Å². The highest BCUT2D eigenvalue weighted by Gasteiger charge is 2.25. The van der Waals surface area contributed by atoms with Gasteiger partial charge in [0.05, 0.1) is 10.9 Å². The second kappa shape index (κ2) is 5.58. The lowest BCUT2D eigenvalue weighted by Crippen LogP contribution is -2.43. The molecule has 1 atom stereocenters. The van der Waals surface area contributed by atoms with E-state index in [2.05, 4.69) is 10.0 Å². The van der Waals surface area contributed by atoms with Gasteiger partial charge in [0.15, 0.2) is 0 Å². The molecule has 0 aliphatic heterocycles. The van der Waals surface area contributed by atoms with Crippen molar-refractivity contribution in [3.05, 3.63) is 23.3 Å². The lowest BCUT2D eigenvalue weighted by atomic mass is 10.1. The SMILES string of the molecule is CNC(=O)C(C)NS(=O)(=O)c1c(C)ccc(N)c1C. The fourth-order valence-corrected chi connectivity index (χ4v) is 3.52. The summed E-state index contributed by atoms with van der Waals surface area (Å²) in [7, 11) is -2.34. The Kier molecular flexibility index (Phi) is 4.54. The van der Waals surface area contributed by atoms with Gasteiger partial charge in [0.2, 0.25) is 15.9 Å². The lowest BCUT2D eigenvalue weighted by Gasteiger charge is -2.16. The van der Waals surface area contributed by atoms with Crippen LogP contribution in [0, 0.1) is 13.8 Å². The minimum atomic E-state index is -3.79. The molecule has 0 aromatic heterocycles. The van der Waals surface area contributed by atoms with E-state index in [1.165, 1.54) is 14.0 Å². The van der Waals surface area contributed by atoms with E-state index >= 15 is 0 Å². The third kappa shape index (κ3) is 3.24. The van der Waals surface area contributed by atoms with Crippen LogP contribution in [0.2, 0.25) is 0 Å². The van der Waals surface area contributed by atoms with Crippen molar-refractivity contribution in [3.8, 4) is 0 Å². The van der Waals surface area contributed by atoms with E-state index in [9.17, 15) is 13.2 Å². The van der Waals surface area contributed by atoms with Crippen molar-refractivity contribution in [1.82, 2.24) is 10.0 Å². The van der Waals surface area contributed by atoms with Gasteiger partial charge in [-0.2, -0.15) is 4.72 Å². The molecule has 0 saturated carbocycles. The van der Waals surface area contributed by atoms with Crippen LogP contribution in [0.3, 0.4) is 0 Å². The highest BCUT2D eigenvalue weighted by atomic mass is 32.2. The first-order valence-corrected chi connectivity index (χ1v) is 7.28. The van der Waals surface area contributed by atoms with E-state index in [1.807, 2.05) is 0 Å². The average Bonchev–Trinajstić information content (AvgIpc) is 2.32.